The van der Waals surface area contributed by atoms with Gasteiger partial charge in [-0.05, 0) is 53.7 Å². The lowest BCUT2D eigenvalue weighted by Gasteiger charge is -2.37. The zero-order valence-electron chi connectivity index (χ0n) is 18.5. The molecule has 2 N–H and O–H groups in total. The molecule has 0 spiro atoms. The minimum Gasteiger partial charge on any atom is -0.365 e. The van der Waals surface area contributed by atoms with Gasteiger partial charge in [0, 0.05) is 19.0 Å². The highest BCUT2D eigenvalue weighted by molar-refractivity contribution is 5.76. The van der Waals surface area contributed by atoms with Gasteiger partial charge in [0.05, 0.1) is 29.9 Å². The van der Waals surface area contributed by atoms with Gasteiger partial charge in [-0.3, -0.25) is 0 Å². The molecule has 1 aliphatic heterocycles. The number of anilines is 2. The van der Waals surface area contributed by atoms with E-state index in [1.165, 1.54) is 17.2 Å². The number of rotatable bonds is 8. The fourth-order valence-electron chi connectivity index (χ4n) is 4.33. The molecule has 1 aromatic heterocycles. The van der Waals surface area contributed by atoms with Gasteiger partial charge >= 0.3 is 0 Å². The van der Waals surface area contributed by atoms with Gasteiger partial charge in [0.15, 0.2) is 0 Å². The number of nitrogens with zero attached hydrogens (tertiary/aromatic N) is 3. The van der Waals surface area contributed by atoms with E-state index in [4.69, 9.17) is 0 Å². The summed E-state index contributed by atoms with van der Waals surface area (Å²) < 4.78 is 13.7. The maximum absolute atomic E-state index is 13.7. The van der Waals surface area contributed by atoms with Crippen LogP contribution in [0.2, 0.25) is 0 Å². The van der Waals surface area contributed by atoms with Crippen molar-refractivity contribution in [3.8, 4) is 0 Å². The highest BCUT2D eigenvalue weighted by atomic mass is 19.1. The SMILES string of the molecule is C=CC1CN(c2ncc(NC(=C)NC(C3=C(C)c4cc(F)ccc4C3)C(C)C)cn2)C1. The van der Waals surface area contributed by atoms with Crippen molar-refractivity contribution < 1.29 is 4.39 Å². The molecule has 1 saturated heterocycles. The molecule has 0 saturated carbocycles. The first kappa shape index (κ1) is 21.1. The topological polar surface area (TPSA) is 53.1 Å². The van der Waals surface area contributed by atoms with Crippen LogP contribution in [0.1, 0.15) is 31.9 Å². The summed E-state index contributed by atoms with van der Waals surface area (Å²) in [4.78, 5) is 11.1. The number of halogens is 1. The van der Waals surface area contributed by atoms with Gasteiger partial charge in [0.1, 0.15) is 5.82 Å². The van der Waals surface area contributed by atoms with E-state index in [0.717, 1.165) is 42.3 Å². The summed E-state index contributed by atoms with van der Waals surface area (Å²) in [5.74, 6) is 2.09. The average Bonchev–Trinajstić information content (AvgIpc) is 3.02. The molecule has 31 heavy (non-hydrogen) atoms. The van der Waals surface area contributed by atoms with E-state index in [1.807, 2.05) is 12.1 Å². The summed E-state index contributed by atoms with van der Waals surface area (Å²) in [6.45, 7) is 16.3. The molecule has 0 radical (unpaired) electrons. The average molecular weight is 420 g/mol. The molecule has 1 aliphatic carbocycles. The number of allylic oxidation sites excluding steroid dienone is 1. The van der Waals surface area contributed by atoms with Crippen LogP contribution < -0.4 is 15.5 Å². The molecular formula is C25H30FN5. The lowest BCUT2D eigenvalue weighted by Crippen LogP contribution is -2.46. The number of hydrogen-bond acceptors (Lipinski definition) is 5. The number of fused-ring (bicyclic) bond motifs is 1. The number of nitrogens with one attached hydrogen (secondary N) is 2. The van der Waals surface area contributed by atoms with Gasteiger partial charge < -0.3 is 15.5 Å². The fraction of sp³-hybridized carbons (Fsp3) is 0.360. The molecule has 6 heteroatoms. The molecule has 5 nitrogen and oxygen atoms in total. The van der Waals surface area contributed by atoms with Crippen molar-refractivity contribution in [3.05, 3.63) is 78.2 Å². The van der Waals surface area contributed by atoms with Crippen molar-refractivity contribution in [2.45, 2.75) is 33.2 Å². The molecule has 0 bridgehead atoms. The summed E-state index contributed by atoms with van der Waals surface area (Å²) in [5, 5.41) is 6.80. The Morgan fingerprint density at radius 3 is 2.61 bits per heavy atom. The van der Waals surface area contributed by atoms with Crippen molar-refractivity contribution in [1.29, 1.82) is 0 Å². The molecule has 162 valence electrons. The van der Waals surface area contributed by atoms with Gasteiger partial charge in [0.2, 0.25) is 5.95 Å². The Kier molecular flexibility index (Phi) is 5.81. The van der Waals surface area contributed by atoms with Crippen LogP contribution in [-0.2, 0) is 6.42 Å². The van der Waals surface area contributed by atoms with Crippen molar-refractivity contribution in [3.63, 3.8) is 0 Å². The van der Waals surface area contributed by atoms with Crippen LogP contribution in [0.5, 0.6) is 0 Å². The van der Waals surface area contributed by atoms with E-state index >= 15 is 0 Å². The van der Waals surface area contributed by atoms with E-state index < -0.39 is 0 Å². The molecule has 1 fully saturated rings. The van der Waals surface area contributed by atoms with E-state index in [-0.39, 0.29) is 11.9 Å². The molecule has 2 heterocycles. The van der Waals surface area contributed by atoms with E-state index in [9.17, 15) is 4.39 Å². The Morgan fingerprint density at radius 1 is 1.26 bits per heavy atom. The Morgan fingerprint density at radius 2 is 1.97 bits per heavy atom. The van der Waals surface area contributed by atoms with E-state index in [1.54, 1.807) is 18.5 Å². The molecule has 2 aliphatic rings. The van der Waals surface area contributed by atoms with Gasteiger partial charge in [0.25, 0.3) is 0 Å². The molecule has 1 aromatic carbocycles. The van der Waals surface area contributed by atoms with E-state index in [2.05, 4.69) is 59.4 Å². The van der Waals surface area contributed by atoms with E-state index in [0.29, 0.717) is 17.7 Å². The predicted octanol–water partition coefficient (Wildman–Crippen LogP) is 4.77. The Bertz CT molecular complexity index is 1020. The number of aromatic nitrogens is 2. The largest absolute Gasteiger partial charge is 0.365 e. The van der Waals surface area contributed by atoms with Crippen molar-refractivity contribution >= 4 is 17.2 Å². The first-order valence-corrected chi connectivity index (χ1v) is 10.8. The summed E-state index contributed by atoms with van der Waals surface area (Å²) in [6, 6.07) is 5.15. The standard InChI is InChI=1S/C25H30FN5/c1-6-18-13-31(14-18)25-27-11-21(12-28-25)29-17(5)30-24(15(2)3)23-9-19-7-8-20(26)10-22(19)16(23)4/h6-8,10-12,15,18,24,29-30H,1,5,9,13-14H2,2-4H3. The van der Waals surface area contributed by atoms with Gasteiger partial charge in [-0.25, -0.2) is 14.4 Å². The molecule has 2 aromatic rings. The number of hydrogen-bond donors (Lipinski definition) is 2. The van der Waals surface area contributed by atoms with Gasteiger partial charge in [-0.15, -0.1) is 6.58 Å². The highest BCUT2D eigenvalue weighted by Gasteiger charge is 2.28. The molecular weight excluding hydrogens is 389 g/mol. The quantitative estimate of drug-likeness (QED) is 0.604. The molecule has 1 atom stereocenters. The van der Waals surface area contributed by atoms with Crippen LogP contribution in [0.4, 0.5) is 16.0 Å². The Hall–Kier alpha value is -3.15. The summed E-state index contributed by atoms with van der Waals surface area (Å²) in [7, 11) is 0. The van der Waals surface area contributed by atoms with Crippen molar-refractivity contribution in [1.82, 2.24) is 15.3 Å². The lowest BCUT2D eigenvalue weighted by molar-refractivity contribution is 0.479. The highest BCUT2D eigenvalue weighted by Crippen LogP contribution is 2.36. The monoisotopic (exact) mass is 419 g/mol. The zero-order valence-corrected chi connectivity index (χ0v) is 18.5. The van der Waals surface area contributed by atoms with Gasteiger partial charge in [-0.2, -0.15) is 0 Å². The normalized spacial score (nSPS) is 16.7. The molecule has 0 amide bonds. The van der Waals surface area contributed by atoms with Crippen molar-refractivity contribution in [2.24, 2.45) is 11.8 Å². The van der Waals surface area contributed by atoms with Crippen LogP contribution in [0.3, 0.4) is 0 Å². The maximum atomic E-state index is 13.7. The Labute approximate surface area is 183 Å². The van der Waals surface area contributed by atoms with Crippen LogP contribution in [0.15, 0.2) is 61.2 Å². The third kappa shape index (κ3) is 4.33. The summed E-state index contributed by atoms with van der Waals surface area (Å²) >= 11 is 0. The second-order valence-corrected chi connectivity index (χ2v) is 8.77. The van der Waals surface area contributed by atoms with Crippen LogP contribution in [0.25, 0.3) is 5.57 Å². The minimum atomic E-state index is -0.193. The van der Waals surface area contributed by atoms with Crippen LogP contribution in [-0.4, -0.2) is 29.1 Å². The maximum Gasteiger partial charge on any atom is 0.225 e. The summed E-state index contributed by atoms with van der Waals surface area (Å²) in [6.07, 6.45) is 6.35. The predicted molar refractivity (Wildman–Crippen MR) is 125 cm³/mol. The van der Waals surface area contributed by atoms with Crippen molar-refractivity contribution in [2.75, 3.05) is 23.3 Å². The molecule has 1 unspecified atom stereocenters. The number of benzene rings is 1. The first-order valence-electron chi connectivity index (χ1n) is 10.8. The first-order chi connectivity index (χ1) is 14.9. The zero-order chi connectivity index (χ0) is 22.1. The van der Waals surface area contributed by atoms with Gasteiger partial charge in [-0.1, -0.05) is 32.6 Å². The fourth-order valence-corrected chi connectivity index (χ4v) is 4.33. The minimum absolute atomic E-state index is 0.0903. The smallest absolute Gasteiger partial charge is 0.225 e. The second kappa shape index (κ2) is 8.53. The third-order valence-corrected chi connectivity index (χ3v) is 6.17. The lowest BCUT2D eigenvalue weighted by atomic mass is 9.92. The Balaban J connectivity index is 1.41. The van der Waals surface area contributed by atoms with Crippen LogP contribution in [0, 0.1) is 17.7 Å². The van der Waals surface area contributed by atoms with Crippen LogP contribution >= 0.6 is 0 Å². The third-order valence-electron chi connectivity index (χ3n) is 6.17. The molecule has 4 rings (SSSR count). The second-order valence-electron chi connectivity index (χ2n) is 8.77. The summed E-state index contributed by atoms with van der Waals surface area (Å²) in [5.41, 5.74) is 5.39.